The van der Waals surface area contributed by atoms with Gasteiger partial charge in [0, 0.05) is 20.0 Å². The zero-order chi connectivity index (χ0) is 20.9. The van der Waals surface area contributed by atoms with Gasteiger partial charge in [-0.15, -0.1) is 0 Å². The quantitative estimate of drug-likeness (QED) is 0.197. The highest BCUT2D eigenvalue weighted by Gasteiger charge is 2.45. The third-order valence-electron chi connectivity index (χ3n) is 4.03. The van der Waals surface area contributed by atoms with Gasteiger partial charge in [0.1, 0.15) is 24.4 Å². The van der Waals surface area contributed by atoms with Crippen LogP contribution in [-0.2, 0) is 33.3 Å². The molecule has 5 atom stereocenters. The van der Waals surface area contributed by atoms with Crippen LogP contribution in [0, 0.1) is 0 Å². The number of carbonyl (C=O) groups is 2. The van der Waals surface area contributed by atoms with Crippen molar-refractivity contribution in [3.8, 4) is 0 Å². The fraction of sp³-hybridized carbons (Fsp3) is 0.882. The summed E-state index contributed by atoms with van der Waals surface area (Å²) >= 11 is 0. The second kappa shape index (κ2) is 13.8. The van der Waals surface area contributed by atoms with E-state index in [1.54, 1.807) is 0 Å². The maximum absolute atomic E-state index is 11.3. The van der Waals surface area contributed by atoms with Crippen molar-refractivity contribution in [3.63, 3.8) is 0 Å². The summed E-state index contributed by atoms with van der Waals surface area (Å²) in [4.78, 5) is 22.2. The van der Waals surface area contributed by atoms with E-state index in [0.717, 1.165) is 0 Å². The van der Waals surface area contributed by atoms with E-state index in [2.05, 4.69) is 10.1 Å². The number of hydrogen-bond donors (Lipinski definition) is 4. The normalized spacial score (nSPS) is 27.4. The number of ether oxygens (including phenoxy) is 5. The Bertz CT molecular complexity index is 463. The van der Waals surface area contributed by atoms with Crippen LogP contribution >= 0.6 is 0 Å². The Morgan fingerprint density at radius 3 is 2.29 bits per heavy atom. The zero-order valence-electron chi connectivity index (χ0n) is 16.2. The number of methoxy groups -OCH3 is 1. The van der Waals surface area contributed by atoms with Gasteiger partial charge in [-0.1, -0.05) is 0 Å². The highest BCUT2D eigenvalue weighted by atomic mass is 16.7. The number of carbonyl (C=O) groups excluding carboxylic acids is 2. The Labute approximate surface area is 163 Å². The number of aliphatic hydroxyl groups is 3. The molecule has 4 N–H and O–H groups in total. The molecule has 0 spiro atoms. The molecule has 1 amide bonds. The van der Waals surface area contributed by atoms with Crippen LogP contribution in [0.2, 0.25) is 0 Å². The van der Waals surface area contributed by atoms with Gasteiger partial charge in [0.25, 0.3) is 0 Å². The molecule has 0 aromatic rings. The number of rotatable bonds is 13. The van der Waals surface area contributed by atoms with Crippen molar-refractivity contribution in [1.82, 2.24) is 5.32 Å². The van der Waals surface area contributed by atoms with Gasteiger partial charge in [-0.2, -0.15) is 0 Å². The van der Waals surface area contributed by atoms with Crippen LogP contribution in [0.5, 0.6) is 0 Å². The van der Waals surface area contributed by atoms with Crippen LogP contribution in [-0.4, -0.2) is 105 Å². The molecule has 0 unspecified atom stereocenters. The van der Waals surface area contributed by atoms with Crippen molar-refractivity contribution in [1.29, 1.82) is 0 Å². The molecule has 1 heterocycles. The average Bonchev–Trinajstić information content (AvgIpc) is 2.67. The first-order valence-corrected chi connectivity index (χ1v) is 9.14. The van der Waals surface area contributed by atoms with Gasteiger partial charge in [0.2, 0.25) is 5.91 Å². The van der Waals surface area contributed by atoms with E-state index in [0.29, 0.717) is 32.7 Å². The Hall–Kier alpha value is -1.34. The number of amides is 1. The monoisotopic (exact) mass is 409 g/mol. The summed E-state index contributed by atoms with van der Waals surface area (Å²) in [6, 6.07) is -0.978. The summed E-state index contributed by atoms with van der Waals surface area (Å²) in [7, 11) is 1.34. The minimum Gasteiger partial charge on any atom is -0.469 e. The molecule has 1 aliphatic heterocycles. The lowest BCUT2D eigenvalue weighted by atomic mass is 9.97. The molecule has 0 aliphatic carbocycles. The molecule has 1 fully saturated rings. The maximum Gasteiger partial charge on any atom is 0.305 e. The van der Waals surface area contributed by atoms with Gasteiger partial charge in [0.15, 0.2) is 6.29 Å². The van der Waals surface area contributed by atoms with Crippen LogP contribution < -0.4 is 5.32 Å². The molecule has 1 saturated heterocycles. The Morgan fingerprint density at radius 2 is 1.68 bits per heavy atom. The summed E-state index contributed by atoms with van der Waals surface area (Å²) < 4.78 is 26.1. The van der Waals surface area contributed by atoms with E-state index in [1.807, 2.05) is 0 Å². The first kappa shape index (κ1) is 24.7. The van der Waals surface area contributed by atoms with Crippen LogP contribution in [0.15, 0.2) is 0 Å². The number of nitrogens with one attached hydrogen (secondary N) is 1. The van der Waals surface area contributed by atoms with E-state index >= 15 is 0 Å². The molecular formula is C17H31NO10. The van der Waals surface area contributed by atoms with Gasteiger partial charge >= 0.3 is 5.97 Å². The van der Waals surface area contributed by atoms with Gasteiger partial charge in [0.05, 0.1) is 40.1 Å². The van der Waals surface area contributed by atoms with E-state index < -0.39 is 43.2 Å². The van der Waals surface area contributed by atoms with Crippen LogP contribution in [0.3, 0.4) is 0 Å². The SMILES string of the molecule is COC(=O)CCCOCCOCCO[C@H]1O[C@H](CO)[C@@H](O)[C@H](O)[C@@H]1NC(C)=O. The fourth-order valence-electron chi connectivity index (χ4n) is 2.58. The number of hydrogen-bond acceptors (Lipinski definition) is 10. The van der Waals surface area contributed by atoms with Crippen LogP contribution in [0.25, 0.3) is 0 Å². The molecular weight excluding hydrogens is 378 g/mol. The molecule has 0 saturated carbocycles. The number of esters is 1. The summed E-state index contributed by atoms with van der Waals surface area (Å²) in [6.07, 6.45) is -3.90. The largest absolute Gasteiger partial charge is 0.469 e. The summed E-state index contributed by atoms with van der Waals surface area (Å²) in [6.45, 7) is 2.17. The summed E-state index contributed by atoms with van der Waals surface area (Å²) in [5.41, 5.74) is 0. The van der Waals surface area contributed by atoms with Crippen molar-refractivity contribution in [3.05, 3.63) is 0 Å². The van der Waals surface area contributed by atoms with Crippen molar-refractivity contribution < 1.29 is 48.6 Å². The Morgan fingerprint density at radius 1 is 1.04 bits per heavy atom. The lowest BCUT2D eigenvalue weighted by Crippen LogP contribution is -2.64. The molecule has 11 heteroatoms. The predicted octanol–water partition coefficient (Wildman–Crippen LogP) is -2.07. The fourth-order valence-corrected chi connectivity index (χ4v) is 2.58. The molecule has 1 rings (SSSR count). The molecule has 0 radical (unpaired) electrons. The number of aliphatic hydroxyl groups excluding tert-OH is 3. The van der Waals surface area contributed by atoms with Crippen LogP contribution in [0.4, 0.5) is 0 Å². The van der Waals surface area contributed by atoms with Crippen molar-refractivity contribution in [2.45, 2.75) is 50.4 Å². The van der Waals surface area contributed by atoms with Gasteiger partial charge < -0.3 is 44.3 Å². The molecule has 0 aromatic carbocycles. The highest BCUT2D eigenvalue weighted by molar-refractivity contribution is 5.73. The molecule has 28 heavy (non-hydrogen) atoms. The second-order valence-corrected chi connectivity index (χ2v) is 6.21. The minimum absolute atomic E-state index is 0.101. The molecule has 164 valence electrons. The van der Waals surface area contributed by atoms with Crippen molar-refractivity contribution in [2.75, 3.05) is 46.8 Å². The topological polar surface area (TPSA) is 153 Å². The third kappa shape index (κ3) is 8.78. The van der Waals surface area contributed by atoms with E-state index in [4.69, 9.17) is 18.9 Å². The first-order valence-electron chi connectivity index (χ1n) is 9.14. The zero-order valence-corrected chi connectivity index (χ0v) is 16.2. The van der Waals surface area contributed by atoms with Crippen molar-refractivity contribution in [2.24, 2.45) is 0 Å². The lowest BCUT2D eigenvalue weighted by Gasteiger charge is -2.42. The smallest absolute Gasteiger partial charge is 0.305 e. The summed E-state index contributed by atoms with van der Waals surface area (Å²) in [5, 5.41) is 31.8. The van der Waals surface area contributed by atoms with E-state index in [-0.39, 0.29) is 19.2 Å². The minimum atomic E-state index is -1.35. The van der Waals surface area contributed by atoms with Crippen LogP contribution in [0.1, 0.15) is 19.8 Å². The standard InChI is InChI=1S/C17H31NO10/c1-11(20)18-14-16(23)15(22)12(10-19)28-17(14)27-9-8-26-7-6-25-5-3-4-13(21)24-2/h12,14-17,19,22-23H,3-10H2,1-2H3,(H,18,20)/t12-,14+,15-,16-,17+/m1/s1. The van der Waals surface area contributed by atoms with Gasteiger partial charge in [-0.3, -0.25) is 9.59 Å². The average molecular weight is 409 g/mol. The molecule has 0 bridgehead atoms. The Kier molecular flexibility index (Phi) is 12.1. The maximum atomic E-state index is 11.3. The summed E-state index contributed by atoms with van der Waals surface area (Å²) in [5.74, 6) is -0.697. The van der Waals surface area contributed by atoms with Crippen molar-refractivity contribution >= 4 is 11.9 Å². The lowest BCUT2D eigenvalue weighted by molar-refractivity contribution is -0.272. The third-order valence-corrected chi connectivity index (χ3v) is 4.03. The van der Waals surface area contributed by atoms with Gasteiger partial charge in [-0.05, 0) is 6.42 Å². The molecule has 0 aromatic heterocycles. The molecule has 1 aliphatic rings. The van der Waals surface area contributed by atoms with E-state index in [1.165, 1.54) is 14.0 Å². The molecule has 11 nitrogen and oxygen atoms in total. The van der Waals surface area contributed by atoms with Gasteiger partial charge in [-0.25, -0.2) is 0 Å². The Balaban J connectivity index is 2.22. The highest BCUT2D eigenvalue weighted by Crippen LogP contribution is 2.22. The predicted molar refractivity (Wildman–Crippen MR) is 94.2 cm³/mol. The second-order valence-electron chi connectivity index (χ2n) is 6.21. The first-order chi connectivity index (χ1) is 13.4. The van der Waals surface area contributed by atoms with E-state index in [9.17, 15) is 24.9 Å².